The standard InChI is InChI=1S/C46H89NO8/c1-8-15-19-22-24-27-35-50-44(51-36-28-25-23-20-16-9-2)33-32-43(12-5)53-38-41(40-55-46(49)52-37-29-34-47(13-6)14-7)39-54-45(48)42(30-18-11-4)31-26-21-17-10-3/h12,41-42,44H,8-11,13-40H2,1-7H3/b43-12-. The minimum Gasteiger partial charge on any atom is -0.498 e. The topological polar surface area (TPSA) is 92.8 Å². The highest BCUT2D eigenvalue weighted by Crippen LogP contribution is 2.21. The molecule has 0 aromatic carbocycles. The SMILES string of the molecule is C/C=C(/CCC(OCCCCCCCC)OCCCCCCCC)OCC(COC(=O)OCCCN(CC)CC)COC(=O)C(CCCC)CCCCCC. The first kappa shape index (κ1) is 53.2. The van der Waals surface area contributed by atoms with Gasteiger partial charge in [0.15, 0.2) is 6.29 Å². The Morgan fingerprint density at radius 3 is 1.60 bits per heavy atom. The van der Waals surface area contributed by atoms with E-state index in [0.29, 0.717) is 32.7 Å². The average Bonchev–Trinajstić information content (AvgIpc) is 3.20. The van der Waals surface area contributed by atoms with Crippen molar-refractivity contribution in [3.63, 3.8) is 0 Å². The second-order valence-electron chi connectivity index (χ2n) is 15.3. The van der Waals surface area contributed by atoms with Crippen molar-refractivity contribution in [1.82, 2.24) is 4.90 Å². The number of allylic oxidation sites excluding steroid dienone is 2. The molecular weight excluding hydrogens is 695 g/mol. The highest BCUT2D eigenvalue weighted by Gasteiger charge is 2.23. The minimum absolute atomic E-state index is 0.0423. The van der Waals surface area contributed by atoms with Gasteiger partial charge in [0.05, 0.1) is 30.8 Å². The first-order valence-corrected chi connectivity index (χ1v) is 23.1. The lowest BCUT2D eigenvalue weighted by atomic mass is 9.95. The third-order valence-electron chi connectivity index (χ3n) is 10.3. The minimum atomic E-state index is -0.702. The van der Waals surface area contributed by atoms with E-state index in [-0.39, 0.29) is 43.9 Å². The van der Waals surface area contributed by atoms with Crippen LogP contribution in [0.4, 0.5) is 4.79 Å². The fourth-order valence-electron chi connectivity index (χ4n) is 6.52. The molecule has 0 heterocycles. The van der Waals surface area contributed by atoms with E-state index in [2.05, 4.69) is 46.4 Å². The molecule has 9 heteroatoms. The normalized spacial score (nSPS) is 13.0. The lowest BCUT2D eigenvalue weighted by molar-refractivity contribution is -0.152. The van der Waals surface area contributed by atoms with E-state index in [1.807, 2.05) is 13.0 Å². The third-order valence-corrected chi connectivity index (χ3v) is 10.3. The van der Waals surface area contributed by atoms with Crippen molar-refractivity contribution in [3.05, 3.63) is 11.8 Å². The van der Waals surface area contributed by atoms with Crippen LogP contribution in [0.15, 0.2) is 11.8 Å². The summed E-state index contributed by atoms with van der Waals surface area (Å²) in [6.07, 6.45) is 26.0. The van der Waals surface area contributed by atoms with E-state index in [1.54, 1.807) is 0 Å². The van der Waals surface area contributed by atoms with Crippen LogP contribution in [-0.4, -0.2) is 82.6 Å². The van der Waals surface area contributed by atoms with Gasteiger partial charge in [-0.2, -0.15) is 0 Å². The molecule has 0 spiro atoms. The van der Waals surface area contributed by atoms with Gasteiger partial charge in [-0.25, -0.2) is 4.79 Å². The molecule has 0 bridgehead atoms. The highest BCUT2D eigenvalue weighted by molar-refractivity contribution is 5.72. The monoisotopic (exact) mass is 784 g/mol. The van der Waals surface area contributed by atoms with Crippen molar-refractivity contribution in [2.24, 2.45) is 11.8 Å². The maximum Gasteiger partial charge on any atom is 0.508 e. The third kappa shape index (κ3) is 32.9. The molecular formula is C46H89NO8. The lowest BCUT2D eigenvalue weighted by Gasteiger charge is -2.22. The number of rotatable bonds is 41. The Hall–Kier alpha value is -1.84. The summed E-state index contributed by atoms with van der Waals surface area (Å²) < 4.78 is 35.7. The summed E-state index contributed by atoms with van der Waals surface area (Å²) in [6.45, 7) is 20.0. The number of hydrogen-bond donors (Lipinski definition) is 0. The molecule has 0 N–H and O–H groups in total. The van der Waals surface area contributed by atoms with Gasteiger partial charge < -0.3 is 33.3 Å². The summed E-state index contributed by atoms with van der Waals surface area (Å²) in [5.41, 5.74) is 0. The summed E-state index contributed by atoms with van der Waals surface area (Å²) in [6, 6.07) is 0. The van der Waals surface area contributed by atoms with E-state index < -0.39 is 6.16 Å². The first-order valence-electron chi connectivity index (χ1n) is 23.1. The van der Waals surface area contributed by atoms with Crippen molar-refractivity contribution < 1.29 is 38.0 Å². The van der Waals surface area contributed by atoms with E-state index >= 15 is 0 Å². The molecule has 0 amide bonds. The van der Waals surface area contributed by atoms with Crippen LogP contribution in [-0.2, 0) is 33.2 Å². The average molecular weight is 784 g/mol. The Morgan fingerprint density at radius 1 is 0.527 bits per heavy atom. The predicted octanol–water partition coefficient (Wildman–Crippen LogP) is 12.6. The van der Waals surface area contributed by atoms with Crippen molar-refractivity contribution >= 4 is 12.1 Å². The number of esters is 1. The molecule has 0 radical (unpaired) electrons. The van der Waals surface area contributed by atoms with Crippen LogP contribution in [0.5, 0.6) is 0 Å². The van der Waals surface area contributed by atoms with Crippen LogP contribution >= 0.6 is 0 Å². The second kappa shape index (κ2) is 40.4. The Balaban J connectivity index is 5.34. The van der Waals surface area contributed by atoms with Gasteiger partial charge >= 0.3 is 12.1 Å². The maximum absolute atomic E-state index is 13.3. The molecule has 0 rings (SSSR count). The Bertz CT molecular complexity index is 862. The summed E-state index contributed by atoms with van der Waals surface area (Å²) in [7, 11) is 0. The van der Waals surface area contributed by atoms with Crippen LogP contribution in [0.25, 0.3) is 0 Å². The fourth-order valence-corrected chi connectivity index (χ4v) is 6.52. The molecule has 326 valence electrons. The number of nitrogens with zero attached hydrogens (tertiary/aromatic N) is 1. The van der Waals surface area contributed by atoms with Crippen LogP contribution in [0.3, 0.4) is 0 Å². The van der Waals surface area contributed by atoms with Crippen molar-refractivity contribution in [2.75, 3.05) is 59.3 Å². The van der Waals surface area contributed by atoms with Crippen molar-refractivity contribution in [2.45, 2.75) is 202 Å². The van der Waals surface area contributed by atoms with Gasteiger partial charge in [0, 0.05) is 32.6 Å². The molecule has 0 aromatic rings. The van der Waals surface area contributed by atoms with Gasteiger partial charge in [-0.15, -0.1) is 0 Å². The number of carbonyl (C=O) groups is 2. The zero-order valence-electron chi connectivity index (χ0n) is 37.2. The molecule has 2 unspecified atom stereocenters. The molecule has 0 aliphatic rings. The van der Waals surface area contributed by atoms with Crippen LogP contribution in [0.2, 0.25) is 0 Å². The van der Waals surface area contributed by atoms with Crippen LogP contribution in [0.1, 0.15) is 196 Å². The second-order valence-corrected chi connectivity index (χ2v) is 15.3. The maximum atomic E-state index is 13.3. The van der Waals surface area contributed by atoms with E-state index in [9.17, 15) is 9.59 Å². The van der Waals surface area contributed by atoms with Crippen molar-refractivity contribution in [1.29, 1.82) is 0 Å². The number of unbranched alkanes of at least 4 members (excludes halogenated alkanes) is 14. The van der Waals surface area contributed by atoms with Gasteiger partial charge in [0.25, 0.3) is 0 Å². The lowest BCUT2D eigenvalue weighted by Crippen LogP contribution is -2.28. The number of ether oxygens (including phenoxy) is 6. The molecule has 0 fully saturated rings. The molecule has 0 aromatic heterocycles. The van der Waals surface area contributed by atoms with E-state index in [4.69, 9.17) is 28.4 Å². The zero-order chi connectivity index (χ0) is 40.6. The summed E-state index contributed by atoms with van der Waals surface area (Å²) in [5.74, 6) is 0.222. The smallest absolute Gasteiger partial charge is 0.498 e. The summed E-state index contributed by atoms with van der Waals surface area (Å²) >= 11 is 0. The molecule has 0 aliphatic carbocycles. The Morgan fingerprint density at radius 2 is 1.04 bits per heavy atom. The summed E-state index contributed by atoms with van der Waals surface area (Å²) in [5, 5.41) is 0. The van der Waals surface area contributed by atoms with Crippen LogP contribution < -0.4 is 0 Å². The van der Waals surface area contributed by atoms with E-state index in [0.717, 1.165) is 89.6 Å². The van der Waals surface area contributed by atoms with Gasteiger partial charge in [-0.1, -0.05) is 144 Å². The summed E-state index contributed by atoms with van der Waals surface area (Å²) in [4.78, 5) is 28.1. The fraction of sp³-hybridized carbons (Fsp3) is 0.913. The van der Waals surface area contributed by atoms with Gasteiger partial charge in [0.2, 0.25) is 0 Å². The zero-order valence-corrected chi connectivity index (χ0v) is 37.2. The molecule has 2 atom stereocenters. The van der Waals surface area contributed by atoms with Gasteiger partial charge in [-0.3, -0.25) is 4.79 Å². The molecule has 9 nitrogen and oxygen atoms in total. The van der Waals surface area contributed by atoms with Gasteiger partial charge in [-0.05, 0) is 58.2 Å². The number of carbonyl (C=O) groups excluding carboxylic acids is 2. The molecule has 0 aliphatic heterocycles. The molecule has 0 saturated heterocycles. The number of hydrogen-bond acceptors (Lipinski definition) is 9. The quantitative estimate of drug-likeness (QED) is 0.0260. The Kier molecular flexibility index (Phi) is 39.0. The van der Waals surface area contributed by atoms with E-state index in [1.165, 1.54) is 70.6 Å². The molecule has 55 heavy (non-hydrogen) atoms. The van der Waals surface area contributed by atoms with Crippen molar-refractivity contribution in [3.8, 4) is 0 Å². The Labute approximate surface area is 339 Å². The van der Waals surface area contributed by atoms with Gasteiger partial charge in [0.1, 0.15) is 13.2 Å². The molecule has 0 saturated carbocycles. The largest absolute Gasteiger partial charge is 0.508 e. The predicted molar refractivity (Wildman–Crippen MR) is 227 cm³/mol. The first-order chi connectivity index (χ1) is 26.9. The van der Waals surface area contributed by atoms with Crippen LogP contribution in [0, 0.1) is 11.8 Å². The highest BCUT2D eigenvalue weighted by atomic mass is 16.7.